The van der Waals surface area contributed by atoms with Crippen LogP contribution in [0.15, 0.2) is 48.5 Å². The van der Waals surface area contributed by atoms with Crippen LogP contribution in [0.1, 0.15) is 16.7 Å². The van der Waals surface area contributed by atoms with Gasteiger partial charge in [-0.25, -0.2) is 0 Å². The van der Waals surface area contributed by atoms with Crippen molar-refractivity contribution in [3.8, 4) is 0 Å². The van der Waals surface area contributed by atoms with E-state index in [1.807, 2.05) is 24.3 Å². The summed E-state index contributed by atoms with van der Waals surface area (Å²) in [5, 5.41) is 0.782. The molecule has 0 saturated carbocycles. The summed E-state index contributed by atoms with van der Waals surface area (Å²) in [7, 11) is 0. The van der Waals surface area contributed by atoms with E-state index in [2.05, 4.69) is 31.2 Å². The topological polar surface area (TPSA) is 0 Å². The zero-order chi connectivity index (χ0) is 10.7. The lowest BCUT2D eigenvalue weighted by molar-refractivity contribution is 1.19. The molecule has 0 aromatic heterocycles. The summed E-state index contributed by atoms with van der Waals surface area (Å²) >= 11 is 5.83. The summed E-state index contributed by atoms with van der Waals surface area (Å²) in [6, 6.07) is 16.2. The SMILES string of the molecule is [CH2]c1cccc(Cc2ccc(Cl)cc2)c1. The number of hydrogen-bond donors (Lipinski definition) is 0. The summed E-state index contributed by atoms with van der Waals surface area (Å²) in [6.07, 6.45) is 0.931. The van der Waals surface area contributed by atoms with Gasteiger partial charge in [-0.3, -0.25) is 0 Å². The summed E-state index contributed by atoms with van der Waals surface area (Å²) in [4.78, 5) is 0. The van der Waals surface area contributed by atoms with Crippen LogP contribution in [0.3, 0.4) is 0 Å². The highest BCUT2D eigenvalue weighted by atomic mass is 35.5. The number of benzene rings is 2. The third-order valence-electron chi connectivity index (χ3n) is 2.31. The molecule has 2 rings (SSSR count). The number of rotatable bonds is 2. The van der Waals surface area contributed by atoms with E-state index in [4.69, 9.17) is 11.6 Å². The first-order chi connectivity index (χ1) is 7.24. The van der Waals surface area contributed by atoms with E-state index in [0.29, 0.717) is 0 Å². The molecular weight excluding hydrogens is 204 g/mol. The smallest absolute Gasteiger partial charge is 0.0406 e. The predicted molar refractivity (Wildman–Crippen MR) is 65.2 cm³/mol. The molecule has 0 atom stereocenters. The Balaban J connectivity index is 2.18. The van der Waals surface area contributed by atoms with E-state index < -0.39 is 0 Å². The van der Waals surface area contributed by atoms with Gasteiger partial charge in [-0.05, 0) is 42.2 Å². The van der Waals surface area contributed by atoms with Gasteiger partial charge in [0.25, 0.3) is 0 Å². The Hall–Kier alpha value is -1.27. The van der Waals surface area contributed by atoms with E-state index in [9.17, 15) is 0 Å². The molecular formula is C14H12Cl. The molecule has 0 unspecified atom stereocenters. The number of hydrogen-bond acceptors (Lipinski definition) is 0. The zero-order valence-electron chi connectivity index (χ0n) is 8.41. The lowest BCUT2D eigenvalue weighted by atomic mass is 10.0. The maximum absolute atomic E-state index is 5.83. The van der Waals surface area contributed by atoms with Gasteiger partial charge in [0.2, 0.25) is 0 Å². The minimum Gasteiger partial charge on any atom is -0.0843 e. The first kappa shape index (κ1) is 10.3. The minimum atomic E-state index is 0.782. The molecule has 0 fully saturated rings. The van der Waals surface area contributed by atoms with E-state index in [1.54, 1.807) is 0 Å². The van der Waals surface area contributed by atoms with Gasteiger partial charge in [0.05, 0.1) is 0 Å². The van der Waals surface area contributed by atoms with Gasteiger partial charge in [-0.1, -0.05) is 48.0 Å². The van der Waals surface area contributed by atoms with Gasteiger partial charge in [0.15, 0.2) is 0 Å². The monoisotopic (exact) mass is 215 g/mol. The van der Waals surface area contributed by atoms with Crippen molar-refractivity contribution in [2.24, 2.45) is 0 Å². The van der Waals surface area contributed by atoms with Gasteiger partial charge in [0, 0.05) is 5.02 Å². The maximum atomic E-state index is 5.83. The van der Waals surface area contributed by atoms with Crippen molar-refractivity contribution in [2.75, 3.05) is 0 Å². The fourth-order valence-corrected chi connectivity index (χ4v) is 1.70. The highest BCUT2D eigenvalue weighted by Crippen LogP contribution is 2.14. The van der Waals surface area contributed by atoms with Crippen LogP contribution in [0.5, 0.6) is 0 Å². The Kier molecular flexibility index (Phi) is 3.08. The van der Waals surface area contributed by atoms with Gasteiger partial charge in [0.1, 0.15) is 0 Å². The summed E-state index contributed by atoms with van der Waals surface area (Å²) in [5.41, 5.74) is 3.61. The zero-order valence-corrected chi connectivity index (χ0v) is 9.17. The lowest BCUT2D eigenvalue weighted by Crippen LogP contribution is -1.88. The Labute approximate surface area is 95.5 Å². The predicted octanol–water partition coefficient (Wildman–Crippen LogP) is 4.11. The van der Waals surface area contributed by atoms with Crippen molar-refractivity contribution in [2.45, 2.75) is 6.42 Å². The van der Waals surface area contributed by atoms with Crippen LogP contribution >= 0.6 is 11.6 Å². The Morgan fingerprint density at radius 1 is 0.933 bits per heavy atom. The molecule has 0 amide bonds. The molecule has 0 heterocycles. The maximum Gasteiger partial charge on any atom is 0.0406 e. The largest absolute Gasteiger partial charge is 0.0843 e. The van der Waals surface area contributed by atoms with Crippen LogP contribution in [0.4, 0.5) is 0 Å². The van der Waals surface area contributed by atoms with Crippen LogP contribution in [0.2, 0.25) is 5.02 Å². The van der Waals surface area contributed by atoms with Crippen molar-refractivity contribution < 1.29 is 0 Å². The second-order valence-corrected chi connectivity index (χ2v) is 4.06. The second kappa shape index (κ2) is 4.50. The van der Waals surface area contributed by atoms with Crippen molar-refractivity contribution in [3.05, 3.63) is 77.2 Å². The van der Waals surface area contributed by atoms with Crippen LogP contribution in [-0.4, -0.2) is 0 Å². The van der Waals surface area contributed by atoms with Crippen molar-refractivity contribution in [3.63, 3.8) is 0 Å². The van der Waals surface area contributed by atoms with Crippen molar-refractivity contribution >= 4 is 11.6 Å². The molecule has 2 aromatic carbocycles. The molecule has 1 heteroatoms. The molecule has 15 heavy (non-hydrogen) atoms. The average Bonchev–Trinajstić information content (AvgIpc) is 2.22. The van der Waals surface area contributed by atoms with Crippen molar-refractivity contribution in [1.82, 2.24) is 0 Å². The van der Waals surface area contributed by atoms with E-state index >= 15 is 0 Å². The summed E-state index contributed by atoms with van der Waals surface area (Å²) < 4.78 is 0. The molecule has 0 saturated heterocycles. The lowest BCUT2D eigenvalue weighted by Gasteiger charge is -2.03. The molecule has 0 spiro atoms. The third-order valence-corrected chi connectivity index (χ3v) is 2.56. The van der Waals surface area contributed by atoms with Crippen LogP contribution in [0.25, 0.3) is 0 Å². The fourth-order valence-electron chi connectivity index (χ4n) is 1.58. The highest BCUT2D eigenvalue weighted by Gasteiger charge is 1.96. The molecule has 0 aliphatic carbocycles. The normalized spacial score (nSPS) is 10.3. The third kappa shape index (κ3) is 2.84. The number of halogens is 1. The molecule has 0 nitrogen and oxygen atoms in total. The van der Waals surface area contributed by atoms with Crippen molar-refractivity contribution in [1.29, 1.82) is 0 Å². The quantitative estimate of drug-likeness (QED) is 0.707. The first-order valence-electron chi connectivity index (χ1n) is 4.89. The van der Waals surface area contributed by atoms with E-state index in [-0.39, 0.29) is 0 Å². The Morgan fingerprint density at radius 3 is 2.33 bits per heavy atom. The van der Waals surface area contributed by atoms with Crippen LogP contribution < -0.4 is 0 Å². The fraction of sp³-hybridized carbons (Fsp3) is 0.0714. The van der Waals surface area contributed by atoms with Gasteiger partial charge in [-0.2, -0.15) is 0 Å². The standard InChI is InChI=1S/C14H12Cl/c1-11-3-2-4-13(9-11)10-12-5-7-14(15)8-6-12/h2-9H,1,10H2. The molecule has 0 aliphatic heterocycles. The van der Waals surface area contributed by atoms with Gasteiger partial charge in [-0.15, -0.1) is 0 Å². The highest BCUT2D eigenvalue weighted by molar-refractivity contribution is 6.30. The van der Waals surface area contributed by atoms with E-state index in [1.165, 1.54) is 11.1 Å². The first-order valence-corrected chi connectivity index (χ1v) is 5.27. The molecule has 0 N–H and O–H groups in total. The summed E-state index contributed by atoms with van der Waals surface area (Å²) in [6.45, 7) is 3.92. The van der Waals surface area contributed by atoms with Crippen LogP contribution in [0, 0.1) is 6.92 Å². The Bertz CT molecular complexity index is 443. The Morgan fingerprint density at radius 2 is 1.67 bits per heavy atom. The molecule has 75 valence electrons. The molecule has 0 aliphatic rings. The van der Waals surface area contributed by atoms with Gasteiger partial charge < -0.3 is 0 Å². The second-order valence-electron chi connectivity index (χ2n) is 3.62. The van der Waals surface area contributed by atoms with Crippen LogP contribution in [-0.2, 0) is 6.42 Å². The van der Waals surface area contributed by atoms with E-state index in [0.717, 1.165) is 17.0 Å². The summed E-state index contributed by atoms with van der Waals surface area (Å²) in [5.74, 6) is 0. The minimum absolute atomic E-state index is 0.782. The average molecular weight is 216 g/mol. The molecule has 2 aromatic rings. The van der Waals surface area contributed by atoms with Gasteiger partial charge >= 0.3 is 0 Å². The molecule has 0 bridgehead atoms. The molecule has 1 radical (unpaired) electrons.